The average Bonchev–Trinajstić information content (AvgIpc) is 2.08. The molecule has 14 heavy (non-hydrogen) atoms. The van der Waals surface area contributed by atoms with Crippen molar-refractivity contribution in [3.63, 3.8) is 0 Å². The molecule has 0 saturated carbocycles. The van der Waals surface area contributed by atoms with Gasteiger partial charge in [0.1, 0.15) is 5.75 Å². The maximum absolute atomic E-state index is 11.4. The first kappa shape index (κ1) is 9.25. The summed E-state index contributed by atoms with van der Waals surface area (Å²) in [6.07, 6.45) is 0.802. The third kappa shape index (κ3) is 1.41. The maximum Gasteiger partial charge on any atom is 0.314 e. The number of carbonyl (C=O) groups is 1. The summed E-state index contributed by atoms with van der Waals surface area (Å²) in [5.41, 5.74) is 3.45. The number of hydrogen-bond donors (Lipinski definition) is 0. The van der Waals surface area contributed by atoms with Crippen molar-refractivity contribution in [1.82, 2.24) is 0 Å². The van der Waals surface area contributed by atoms with Crippen molar-refractivity contribution in [3.8, 4) is 5.75 Å². The SMILES string of the molecule is Cc1cc(C)c2c(c1)CC(C)C(=O)O2. The number of carbonyl (C=O) groups excluding carboxylic acids is 1. The largest absolute Gasteiger partial charge is 0.426 e. The molecule has 1 aliphatic heterocycles. The van der Waals surface area contributed by atoms with Gasteiger partial charge in [-0.25, -0.2) is 0 Å². The van der Waals surface area contributed by atoms with Crippen LogP contribution in [0.4, 0.5) is 0 Å². The fourth-order valence-electron chi connectivity index (χ4n) is 1.95. The second-order valence-electron chi connectivity index (χ2n) is 4.10. The molecule has 1 atom stereocenters. The summed E-state index contributed by atoms with van der Waals surface area (Å²) in [7, 11) is 0. The van der Waals surface area contributed by atoms with E-state index in [1.807, 2.05) is 19.9 Å². The van der Waals surface area contributed by atoms with Crippen LogP contribution in [0.2, 0.25) is 0 Å². The highest BCUT2D eigenvalue weighted by Crippen LogP contribution is 2.32. The standard InChI is InChI=1S/C12H14O2/c1-7-4-8(2)11-10(5-7)6-9(3)12(13)14-11/h4-5,9H,6H2,1-3H3. The van der Waals surface area contributed by atoms with E-state index in [0.717, 1.165) is 23.3 Å². The minimum atomic E-state index is -0.107. The molecule has 1 heterocycles. The predicted octanol–water partition coefficient (Wildman–Crippen LogP) is 2.40. The molecule has 0 N–H and O–H groups in total. The van der Waals surface area contributed by atoms with Crippen LogP contribution in [-0.2, 0) is 11.2 Å². The van der Waals surface area contributed by atoms with Crippen LogP contribution in [0.3, 0.4) is 0 Å². The molecule has 1 aromatic rings. The molecule has 1 aliphatic rings. The smallest absolute Gasteiger partial charge is 0.314 e. The molecular formula is C12H14O2. The molecule has 0 saturated heterocycles. The highest BCUT2D eigenvalue weighted by atomic mass is 16.5. The minimum absolute atomic E-state index is 0.0105. The molecule has 0 aliphatic carbocycles. The van der Waals surface area contributed by atoms with Gasteiger partial charge in [0.25, 0.3) is 0 Å². The second-order valence-corrected chi connectivity index (χ2v) is 4.10. The third-order valence-electron chi connectivity index (χ3n) is 2.63. The quantitative estimate of drug-likeness (QED) is 0.464. The Kier molecular flexibility index (Phi) is 2.06. The minimum Gasteiger partial charge on any atom is -0.426 e. The molecule has 74 valence electrons. The Balaban J connectivity index is 2.51. The Morgan fingerprint density at radius 2 is 2.07 bits per heavy atom. The van der Waals surface area contributed by atoms with E-state index in [-0.39, 0.29) is 11.9 Å². The van der Waals surface area contributed by atoms with Crippen LogP contribution in [0.25, 0.3) is 0 Å². The molecule has 1 unspecified atom stereocenters. The normalized spacial score (nSPS) is 20.2. The fraction of sp³-hybridized carbons (Fsp3) is 0.417. The summed E-state index contributed by atoms with van der Waals surface area (Å²) < 4.78 is 5.29. The van der Waals surface area contributed by atoms with E-state index in [4.69, 9.17) is 4.74 Å². The molecule has 0 fully saturated rings. The van der Waals surface area contributed by atoms with E-state index in [1.165, 1.54) is 5.56 Å². The summed E-state index contributed by atoms with van der Waals surface area (Å²) in [5, 5.41) is 0. The number of rotatable bonds is 0. The number of ether oxygens (including phenoxy) is 1. The zero-order valence-corrected chi connectivity index (χ0v) is 8.76. The Morgan fingerprint density at radius 3 is 2.79 bits per heavy atom. The van der Waals surface area contributed by atoms with E-state index >= 15 is 0 Å². The van der Waals surface area contributed by atoms with E-state index in [2.05, 4.69) is 13.0 Å². The molecule has 2 rings (SSSR count). The number of fused-ring (bicyclic) bond motifs is 1. The number of esters is 1. The van der Waals surface area contributed by atoms with Gasteiger partial charge in [-0.3, -0.25) is 4.79 Å². The highest BCUT2D eigenvalue weighted by molar-refractivity contribution is 5.78. The molecule has 0 spiro atoms. The second kappa shape index (κ2) is 3.12. The van der Waals surface area contributed by atoms with Gasteiger partial charge in [0, 0.05) is 0 Å². The monoisotopic (exact) mass is 190 g/mol. The maximum atomic E-state index is 11.4. The molecule has 1 aromatic carbocycles. The van der Waals surface area contributed by atoms with Crippen LogP contribution in [0.1, 0.15) is 23.6 Å². The Bertz CT molecular complexity index is 394. The van der Waals surface area contributed by atoms with E-state index in [1.54, 1.807) is 0 Å². The first-order chi connectivity index (χ1) is 6.58. The summed E-state index contributed by atoms with van der Waals surface area (Å²) in [6, 6.07) is 4.15. The van der Waals surface area contributed by atoms with Crippen LogP contribution >= 0.6 is 0 Å². The summed E-state index contributed by atoms with van der Waals surface area (Å²) in [6.45, 7) is 5.95. The lowest BCUT2D eigenvalue weighted by Crippen LogP contribution is -2.25. The van der Waals surface area contributed by atoms with Crippen molar-refractivity contribution in [2.45, 2.75) is 27.2 Å². The molecule has 2 heteroatoms. The van der Waals surface area contributed by atoms with Gasteiger partial charge in [-0.15, -0.1) is 0 Å². The zero-order valence-electron chi connectivity index (χ0n) is 8.76. The average molecular weight is 190 g/mol. The molecule has 0 amide bonds. The van der Waals surface area contributed by atoms with Gasteiger partial charge < -0.3 is 4.74 Å². The molecule has 0 bridgehead atoms. The van der Waals surface area contributed by atoms with Crippen molar-refractivity contribution < 1.29 is 9.53 Å². The van der Waals surface area contributed by atoms with Crippen LogP contribution < -0.4 is 4.74 Å². The lowest BCUT2D eigenvalue weighted by Gasteiger charge is -2.22. The van der Waals surface area contributed by atoms with Crippen LogP contribution in [-0.4, -0.2) is 5.97 Å². The molecule has 0 radical (unpaired) electrons. The van der Waals surface area contributed by atoms with Crippen LogP contribution in [0.5, 0.6) is 5.75 Å². The third-order valence-corrected chi connectivity index (χ3v) is 2.63. The van der Waals surface area contributed by atoms with Crippen LogP contribution in [0, 0.1) is 19.8 Å². The first-order valence-corrected chi connectivity index (χ1v) is 4.89. The Hall–Kier alpha value is -1.31. The van der Waals surface area contributed by atoms with E-state index < -0.39 is 0 Å². The summed E-state index contributed by atoms with van der Waals surface area (Å²) in [5.74, 6) is 0.659. The van der Waals surface area contributed by atoms with Gasteiger partial charge in [-0.05, 0) is 31.4 Å². The number of hydrogen-bond acceptors (Lipinski definition) is 2. The Morgan fingerprint density at radius 1 is 1.36 bits per heavy atom. The van der Waals surface area contributed by atoms with Crippen molar-refractivity contribution in [2.24, 2.45) is 5.92 Å². The topological polar surface area (TPSA) is 26.3 Å². The van der Waals surface area contributed by atoms with Gasteiger partial charge in [-0.2, -0.15) is 0 Å². The lowest BCUT2D eigenvalue weighted by atomic mass is 9.94. The van der Waals surface area contributed by atoms with Gasteiger partial charge >= 0.3 is 5.97 Å². The molecule has 0 aromatic heterocycles. The predicted molar refractivity (Wildman–Crippen MR) is 54.4 cm³/mol. The van der Waals surface area contributed by atoms with Crippen molar-refractivity contribution in [3.05, 3.63) is 28.8 Å². The van der Waals surface area contributed by atoms with Gasteiger partial charge in [0.05, 0.1) is 5.92 Å². The highest BCUT2D eigenvalue weighted by Gasteiger charge is 2.25. The van der Waals surface area contributed by atoms with Crippen molar-refractivity contribution >= 4 is 5.97 Å². The fourth-order valence-corrected chi connectivity index (χ4v) is 1.95. The Labute approximate surface area is 83.9 Å². The van der Waals surface area contributed by atoms with Crippen LogP contribution in [0.15, 0.2) is 12.1 Å². The number of aryl methyl sites for hydroxylation is 2. The van der Waals surface area contributed by atoms with Crippen molar-refractivity contribution in [2.75, 3.05) is 0 Å². The van der Waals surface area contributed by atoms with Crippen molar-refractivity contribution in [1.29, 1.82) is 0 Å². The molecular weight excluding hydrogens is 176 g/mol. The lowest BCUT2D eigenvalue weighted by molar-refractivity contribution is -0.139. The van der Waals surface area contributed by atoms with E-state index in [9.17, 15) is 4.79 Å². The van der Waals surface area contributed by atoms with Gasteiger partial charge in [-0.1, -0.05) is 24.6 Å². The summed E-state index contributed by atoms with van der Waals surface area (Å²) in [4.78, 5) is 11.4. The van der Waals surface area contributed by atoms with Gasteiger partial charge in [0.2, 0.25) is 0 Å². The summed E-state index contributed by atoms with van der Waals surface area (Å²) >= 11 is 0. The first-order valence-electron chi connectivity index (χ1n) is 4.89. The van der Waals surface area contributed by atoms with E-state index in [0.29, 0.717) is 0 Å². The van der Waals surface area contributed by atoms with Gasteiger partial charge in [0.15, 0.2) is 0 Å². The zero-order chi connectivity index (χ0) is 10.3. The molecule has 2 nitrogen and oxygen atoms in total. The number of benzene rings is 1.